The van der Waals surface area contributed by atoms with Gasteiger partial charge in [-0.2, -0.15) is 0 Å². The molecule has 0 spiro atoms. The van der Waals surface area contributed by atoms with Crippen LogP contribution in [0.2, 0.25) is 10.0 Å². The van der Waals surface area contributed by atoms with E-state index in [1.165, 1.54) is 0 Å². The van der Waals surface area contributed by atoms with Crippen LogP contribution in [-0.2, 0) is 0 Å². The average molecular weight is 421 g/mol. The van der Waals surface area contributed by atoms with Gasteiger partial charge >= 0.3 is 6.03 Å². The normalized spacial score (nSPS) is 13.4. The minimum absolute atomic E-state index is 0.0188. The number of carbonyl (C=O) groups excluding carboxylic acids is 2. The molecule has 3 amide bonds. The molecular weight excluding hydrogens is 399 g/mol. The van der Waals surface area contributed by atoms with Gasteiger partial charge in [-0.25, -0.2) is 4.79 Å². The Morgan fingerprint density at radius 2 is 1.54 bits per heavy atom. The van der Waals surface area contributed by atoms with Crippen LogP contribution in [0.15, 0.2) is 36.4 Å². The van der Waals surface area contributed by atoms with Gasteiger partial charge in [0.15, 0.2) is 0 Å². The number of likely N-dealkylation sites (tertiary alicyclic amines) is 1. The van der Waals surface area contributed by atoms with Gasteiger partial charge in [-0.15, -0.1) is 0 Å². The summed E-state index contributed by atoms with van der Waals surface area (Å²) in [5.74, 6) is -0.0188. The molecule has 2 aromatic rings. The summed E-state index contributed by atoms with van der Waals surface area (Å²) in [5, 5.41) is 6.23. The lowest BCUT2D eigenvalue weighted by Crippen LogP contribution is -2.29. The lowest BCUT2D eigenvalue weighted by atomic mass is 10.1. The number of nitrogens with zero attached hydrogens (tertiary/aromatic N) is 2. The summed E-state index contributed by atoms with van der Waals surface area (Å²) >= 11 is 11.9. The molecule has 1 saturated heterocycles. The van der Waals surface area contributed by atoms with Crippen molar-refractivity contribution in [2.75, 3.05) is 42.7 Å². The number of hydrogen-bond donors (Lipinski definition) is 2. The van der Waals surface area contributed by atoms with E-state index in [-0.39, 0.29) is 5.91 Å². The second kappa shape index (κ2) is 8.71. The Morgan fingerprint density at radius 3 is 2.14 bits per heavy atom. The molecule has 28 heavy (non-hydrogen) atoms. The van der Waals surface area contributed by atoms with Crippen LogP contribution in [-0.4, -0.2) is 44.0 Å². The average Bonchev–Trinajstić information content (AvgIpc) is 3.18. The van der Waals surface area contributed by atoms with Crippen molar-refractivity contribution in [3.05, 3.63) is 52.0 Å². The molecule has 1 fully saturated rings. The summed E-state index contributed by atoms with van der Waals surface area (Å²) in [4.78, 5) is 29.0. The molecule has 3 rings (SSSR count). The number of benzene rings is 2. The number of halogens is 2. The predicted molar refractivity (Wildman–Crippen MR) is 115 cm³/mol. The fraction of sp³-hybridized carbons (Fsp3) is 0.300. The smallest absolute Gasteiger partial charge is 0.323 e. The Kier molecular flexibility index (Phi) is 6.31. The molecule has 148 valence electrons. The molecule has 1 aliphatic rings. The molecule has 1 aliphatic heterocycles. The number of nitrogens with one attached hydrogen (secondary N) is 2. The molecule has 8 heteroatoms. The largest absolute Gasteiger partial charge is 0.377 e. The minimum Gasteiger partial charge on any atom is -0.377 e. The van der Waals surface area contributed by atoms with Crippen LogP contribution in [0.3, 0.4) is 0 Å². The molecular formula is C20H22Cl2N4O2. The van der Waals surface area contributed by atoms with E-state index in [0.717, 1.165) is 31.6 Å². The first kappa shape index (κ1) is 20.3. The Bertz CT molecular complexity index is 896. The molecule has 2 aromatic carbocycles. The highest BCUT2D eigenvalue weighted by Crippen LogP contribution is 2.27. The van der Waals surface area contributed by atoms with Crippen LogP contribution in [0.1, 0.15) is 23.2 Å². The summed E-state index contributed by atoms with van der Waals surface area (Å²) in [6, 6.07) is 9.72. The number of amides is 3. The maximum Gasteiger partial charge on any atom is 0.323 e. The maximum atomic E-state index is 12.9. The Morgan fingerprint density at radius 1 is 0.929 bits per heavy atom. The zero-order valence-electron chi connectivity index (χ0n) is 15.8. The van der Waals surface area contributed by atoms with E-state index in [1.54, 1.807) is 30.3 Å². The van der Waals surface area contributed by atoms with Crippen LogP contribution in [0.25, 0.3) is 0 Å². The third-order valence-corrected chi connectivity index (χ3v) is 5.28. The monoisotopic (exact) mass is 420 g/mol. The second-order valence-electron chi connectivity index (χ2n) is 6.83. The topological polar surface area (TPSA) is 64.7 Å². The van der Waals surface area contributed by atoms with E-state index < -0.39 is 6.03 Å². The molecule has 0 unspecified atom stereocenters. The first-order chi connectivity index (χ1) is 13.3. The van der Waals surface area contributed by atoms with Crippen LogP contribution >= 0.6 is 23.2 Å². The van der Waals surface area contributed by atoms with E-state index in [0.29, 0.717) is 27.0 Å². The number of urea groups is 1. The maximum absolute atomic E-state index is 12.9. The minimum atomic E-state index is -0.435. The van der Waals surface area contributed by atoms with Crippen molar-refractivity contribution in [1.82, 2.24) is 4.90 Å². The fourth-order valence-electron chi connectivity index (χ4n) is 3.13. The third kappa shape index (κ3) is 4.69. The van der Waals surface area contributed by atoms with Crippen LogP contribution in [0, 0.1) is 0 Å². The van der Waals surface area contributed by atoms with Crippen molar-refractivity contribution in [2.24, 2.45) is 0 Å². The highest BCUT2D eigenvalue weighted by Gasteiger charge is 2.23. The van der Waals surface area contributed by atoms with Gasteiger partial charge < -0.3 is 20.4 Å². The summed E-state index contributed by atoms with van der Waals surface area (Å²) in [6.45, 7) is 1.53. The van der Waals surface area contributed by atoms with E-state index in [2.05, 4.69) is 10.6 Å². The molecule has 6 nitrogen and oxygen atoms in total. The number of hydrogen-bond acceptors (Lipinski definition) is 3. The Labute approximate surface area is 174 Å². The summed E-state index contributed by atoms with van der Waals surface area (Å²) < 4.78 is 0. The SMILES string of the molecule is CN(C)c1ccc(NC(=O)Nc2ccc(Cl)c(Cl)c2)cc1C(=O)N1CCCC1. The molecule has 0 radical (unpaired) electrons. The molecule has 2 N–H and O–H groups in total. The zero-order chi connectivity index (χ0) is 20.3. The molecule has 0 saturated carbocycles. The van der Waals surface area contributed by atoms with Gasteiger partial charge in [0.05, 0.1) is 15.6 Å². The van der Waals surface area contributed by atoms with E-state index in [4.69, 9.17) is 23.2 Å². The predicted octanol–water partition coefficient (Wildman–Crippen LogP) is 4.94. The van der Waals surface area contributed by atoms with Gasteiger partial charge in [0.2, 0.25) is 0 Å². The van der Waals surface area contributed by atoms with Crippen molar-refractivity contribution in [3.63, 3.8) is 0 Å². The third-order valence-electron chi connectivity index (χ3n) is 4.54. The summed E-state index contributed by atoms with van der Waals surface area (Å²) in [6.07, 6.45) is 2.04. The van der Waals surface area contributed by atoms with Gasteiger partial charge in [0, 0.05) is 44.2 Å². The fourth-order valence-corrected chi connectivity index (χ4v) is 3.43. The van der Waals surface area contributed by atoms with Crippen molar-refractivity contribution in [2.45, 2.75) is 12.8 Å². The lowest BCUT2D eigenvalue weighted by molar-refractivity contribution is 0.0793. The van der Waals surface area contributed by atoms with Crippen molar-refractivity contribution < 1.29 is 9.59 Å². The van der Waals surface area contributed by atoms with E-state index in [9.17, 15) is 9.59 Å². The second-order valence-corrected chi connectivity index (χ2v) is 7.65. The number of rotatable bonds is 4. The zero-order valence-corrected chi connectivity index (χ0v) is 17.3. The van der Waals surface area contributed by atoms with Gasteiger partial charge in [-0.05, 0) is 49.2 Å². The van der Waals surface area contributed by atoms with Crippen LogP contribution in [0.4, 0.5) is 21.9 Å². The first-order valence-corrected chi connectivity index (χ1v) is 9.74. The number of carbonyl (C=O) groups is 2. The van der Waals surface area contributed by atoms with Gasteiger partial charge in [0.25, 0.3) is 5.91 Å². The van der Waals surface area contributed by atoms with Gasteiger partial charge in [0.1, 0.15) is 0 Å². The Hall–Kier alpha value is -2.44. The molecule has 0 atom stereocenters. The van der Waals surface area contributed by atoms with Crippen molar-refractivity contribution >= 4 is 52.2 Å². The Balaban J connectivity index is 1.77. The lowest BCUT2D eigenvalue weighted by Gasteiger charge is -2.22. The van der Waals surface area contributed by atoms with Crippen molar-refractivity contribution in [1.29, 1.82) is 0 Å². The molecule has 0 bridgehead atoms. The quantitative estimate of drug-likeness (QED) is 0.735. The summed E-state index contributed by atoms with van der Waals surface area (Å²) in [7, 11) is 3.78. The van der Waals surface area contributed by atoms with Crippen molar-refractivity contribution in [3.8, 4) is 0 Å². The standard InChI is InChI=1S/C20H22Cl2N4O2/c1-25(2)18-8-6-13(11-15(18)19(27)26-9-3-4-10-26)23-20(28)24-14-5-7-16(21)17(22)12-14/h5-8,11-12H,3-4,9-10H2,1-2H3,(H2,23,24,28). The van der Waals surface area contributed by atoms with Crippen LogP contribution < -0.4 is 15.5 Å². The highest BCUT2D eigenvalue weighted by molar-refractivity contribution is 6.42. The molecule has 0 aromatic heterocycles. The van der Waals surface area contributed by atoms with Gasteiger partial charge in [-0.1, -0.05) is 23.2 Å². The van der Waals surface area contributed by atoms with E-state index >= 15 is 0 Å². The van der Waals surface area contributed by atoms with Crippen LogP contribution in [0.5, 0.6) is 0 Å². The number of anilines is 3. The van der Waals surface area contributed by atoms with Gasteiger partial charge in [-0.3, -0.25) is 4.79 Å². The first-order valence-electron chi connectivity index (χ1n) is 8.99. The molecule has 1 heterocycles. The summed E-state index contributed by atoms with van der Waals surface area (Å²) in [5.41, 5.74) is 2.43. The van der Waals surface area contributed by atoms with E-state index in [1.807, 2.05) is 30.0 Å². The molecule has 0 aliphatic carbocycles. The highest BCUT2D eigenvalue weighted by atomic mass is 35.5.